The molecule has 0 aliphatic carbocycles. The minimum Gasteiger partial charge on any atom is -0.381 e. The Kier molecular flexibility index (Phi) is 9.76. The first-order chi connectivity index (χ1) is 14.7. The molecule has 0 saturated carbocycles. The van der Waals surface area contributed by atoms with Gasteiger partial charge in [-0.3, -0.25) is 9.89 Å². The first-order valence-corrected chi connectivity index (χ1v) is 12.1. The Morgan fingerprint density at radius 2 is 1.90 bits per heavy atom. The second kappa shape index (κ2) is 12.5. The lowest BCUT2D eigenvalue weighted by atomic mass is 9.96. The number of nitrogens with one attached hydrogen (secondary N) is 1. The van der Waals surface area contributed by atoms with Crippen LogP contribution in [0.1, 0.15) is 44.6 Å². The van der Waals surface area contributed by atoms with E-state index < -0.39 is 0 Å². The number of nitrogens with zero attached hydrogens (tertiary/aromatic N) is 3. The Bertz CT molecular complexity index is 654. The number of hydrogen-bond acceptors (Lipinski definition) is 3. The molecule has 5 nitrogen and oxygen atoms in total. The monoisotopic (exact) mass is 434 g/mol. The predicted octanol–water partition coefficient (Wildman–Crippen LogP) is 4.27. The van der Waals surface area contributed by atoms with E-state index in [2.05, 4.69) is 41.2 Å². The van der Waals surface area contributed by atoms with E-state index in [0.29, 0.717) is 5.92 Å². The van der Waals surface area contributed by atoms with E-state index in [4.69, 9.17) is 21.3 Å². The van der Waals surface area contributed by atoms with Crippen LogP contribution in [-0.2, 0) is 11.3 Å². The van der Waals surface area contributed by atoms with E-state index in [-0.39, 0.29) is 0 Å². The zero-order valence-corrected chi connectivity index (χ0v) is 19.5. The average Bonchev–Trinajstić information content (AvgIpc) is 2.78. The second-order valence-corrected chi connectivity index (χ2v) is 9.18. The molecule has 0 atom stereocenters. The van der Waals surface area contributed by atoms with Gasteiger partial charge in [0, 0.05) is 51.5 Å². The third-order valence-corrected chi connectivity index (χ3v) is 6.84. The number of ether oxygens (including phenoxy) is 1. The van der Waals surface area contributed by atoms with Crippen molar-refractivity contribution in [2.45, 2.75) is 45.6 Å². The molecule has 6 heteroatoms. The Hall–Kier alpha value is -1.30. The lowest BCUT2D eigenvalue weighted by molar-refractivity contribution is 0.0625. The van der Waals surface area contributed by atoms with Crippen molar-refractivity contribution >= 4 is 17.6 Å². The van der Waals surface area contributed by atoms with Crippen LogP contribution in [0.4, 0.5) is 0 Å². The number of rotatable bonds is 8. The van der Waals surface area contributed by atoms with Gasteiger partial charge in [-0.05, 0) is 75.6 Å². The molecule has 0 bridgehead atoms. The molecule has 1 aromatic rings. The van der Waals surface area contributed by atoms with Crippen molar-refractivity contribution in [3.63, 3.8) is 0 Å². The van der Waals surface area contributed by atoms with Crippen LogP contribution in [-0.4, -0.2) is 68.7 Å². The zero-order valence-electron chi connectivity index (χ0n) is 18.8. The third-order valence-electron chi connectivity index (χ3n) is 6.47. The number of hydrogen-bond donors (Lipinski definition) is 1. The Morgan fingerprint density at radius 1 is 1.17 bits per heavy atom. The number of piperidine rings is 1. The van der Waals surface area contributed by atoms with Crippen molar-refractivity contribution in [2.24, 2.45) is 16.8 Å². The summed E-state index contributed by atoms with van der Waals surface area (Å²) in [6.45, 7) is 10.1. The van der Waals surface area contributed by atoms with Gasteiger partial charge in [0.15, 0.2) is 5.96 Å². The fraction of sp³-hybridized carbons (Fsp3) is 0.708. The SMILES string of the molecule is CCNC(=NCC1CCN(Cc2ccccc2Cl)CC1)N(C)CCC1CCOCC1. The molecule has 2 aliphatic heterocycles. The maximum Gasteiger partial charge on any atom is 0.193 e. The minimum absolute atomic E-state index is 0.671. The predicted molar refractivity (Wildman–Crippen MR) is 126 cm³/mol. The topological polar surface area (TPSA) is 40.1 Å². The summed E-state index contributed by atoms with van der Waals surface area (Å²) < 4.78 is 5.49. The fourth-order valence-electron chi connectivity index (χ4n) is 4.40. The van der Waals surface area contributed by atoms with E-state index in [1.54, 1.807) is 0 Å². The summed E-state index contributed by atoms with van der Waals surface area (Å²) >= 11 is 6.33. The Morgan fingerprint density at radius 3 is 2.60 bits per heavy atom. The molecule has 3 rings (SSSR count). The maximum absolute atomic E-state index is 6.33. The summed E-state index contributed by atoms with van der Waals surface area (Å²) in [6, 6.07) is 8.19. The van der Waals surface area contributed by atoms with Crippen molar-refractivity contribution in [3.8, 4) is 0 Å². The molecule has 30 heavy (non-hydrogen) atoms. The fourth-order valence-corrected chi connectivity index (χ4v) is 4.59. The van der Waals surface area contributed by atoms with Gasteiger partial charge >= 0.3 is 0 Å². The summed E-state index contributed by atoms with van der Waals surface area (Å²) in [5, 5.41) is 4.36. The van der Waals surface area contributed by atoms with Gasteiger partial charge in [0.05, 0.1) is 0 Å². The quantitative estimate of drug-likeness (QED) is 0.490. The molecule has 0 spiro atoms. The lowest BCUT2D eigenvalue weighted by Crippen LogP contribution is -2.41. The molecule has 0 amide bonds. The largest absolute Gasteiger partial charge is 0.381 e. The number of aliphatic imine (C=N–C) groups is 1. The molecule has 2 aliphatic rings. The van der Waals surface area contributed by atoms with Gasteiger partial charge in [-0.15, -0.1) is 0 Å². The first-order valence-electron chi connectivity index (χ1n) is 11.7. The molecule has 0 aromatic heterocycles. The molecular formula is C24H39ClN4O. The molecule has 2 saturated heterocycles. The van der Waals surface area contributed by atoms with Crippen molar-refractivity contribution in [1.29, 1.82) is 0 Å². The lowest BCUT2D eigenvalue weighted by Gasteiger charge is -2.32. The van der Waals surface area contributed by atoms with Crippen LogP contribution in [0.15, 0.2) is 29.3 Å². The number of halogens is 1. The molecule has 1 aromatic carbocycles. The van der Waals surface area contributed by atoms with Crippen LogP contribution in [0.25, 0.3) is 0 Å². The van der Waals surface area contributed by atoms with Gasteiger partial charge in [0.2, 0.25) is 0 Å². The van der Waals surface area contributed by atoms with Gasteiger partial charge in [-0.2, -0.15) is 0 Å². The summed E-state index contributed by atoms with van der Waals surface area (Å²) in [4.78, 5) is 9.82. The van der Waals surface area contributed by atoms with Crippen molar-refractivity contribution in [3.05, 3.63) is 34.9 Å². The number of benzene rings is 1. The zero-order chi connectivity index (χ0) is 21.2. The van der Waals surface area contributed by atoms with Crippen LogP contribution in [0, 0.1) is 11.8 Å². The Balaban J connectivity index is 1.42. The van der Waals surface area contributed by atoms with E-state index in [9.17, 15) is 0 Å². The molecule has 1 N–H and O–H groups in total. The Labute approximate surface area is 187 Å². The summed E-state index contributed by atoms with van der Waals surface area (Å²) in [7, 11) is 2.17. The highest BCUT2D eigenvalue weighted by molar-refractivity contribution is 6.31. The number of guanidine groups is 1. The standard InChI is InChI=1S/C24H39ClN4O/c1-3-26-24(28(2)13-8-20-11-16-30-17-12-20)27-18-21-9-14-29(15-10-21)19-22-6-4-5-7-23(22)25/h4-7,20-21H,3,8-19H2,1-2H3,(H,26,27). The highest BCUT2D eigenvalue weighted by Crippen LogP contribution is 2.23. The highest BCUT2D eigenvalue weighted by atomic mass is 35.5. The minimum atomic E-state index is 0.671. The summed E-state index contributed by atoms with van der Waals surface area (Å²) in [6.07, 6.45) is 6.05. The van der Waals surface area contributed by atoms with Gasteiger partial charge in [0.25, 0.3) is 0 Å². The number of likely N-dealkylation sites (tertiary alicyclic amines) is 1. The second-order valence-electron chi connectivity index (χ2n) is 8.77. The van der Waals surface area contributed by atoms with Crippen molar-refractivity contribution < 1.29 is 4.74 Å². The maximum atomic E-state index is 6.33. The molecule has 2 heterocycles. The molecule has 2 fully saturated rings. The van der Waals surface area contributed by atoms with Gasteiger partial charge < -0.3 is 15.0 Å². The summed E-state index contributed by atoms with van der Waals surface area (Å²) in [5.74, 6) is 2.53. The molecule has 0 radical (unpaired) electrons. The molecular weight excluding hydrogens is 396 g/mol. The highest BCUT2D eigenvalue weighted by Gasteiger charge is 2.20. The van der Waals surface area contributed by atoms with Crippen LogP contribution in [0.5, 0.6) is 0 Å². The smallest absolute Gasteiger partial charge is 0.193 e. The molecule has 0 unspecified atom stereocenters. The van der Waals surface area contributed by atoms with Crippen LogP contribution >= 0.6 is 11.6 Å². The van der Waals surface area contributed by atoms with E-state index >= 15 is 0 Å². The van der Waals surface area contributed by atoms with Crippen molar-refractivity contribution in [1.82, 2.24) is 15.1 Å². The average molecular weight is 435 g/mol. The van der Waals surface area contributed by atoms with Crippen LogP contribution < -0.4 is 5.32 Å². The van der Waals surface area contributed by atoms with Gasteiger partial charge in [0.1, 0.15) is 0 Å². The van der Waals surface area contributed by atoms with Crippen LogP contribution in [0.3, 0.4) is 0 Å². The van der Waals surface area contributed by atoms with Crippen LogP contribution in [0.2, 0.25) is 5.02 Å². The van der Waals surface area contributed by atoms with E-state index in [0.717, 1.165) is 69.4 Å². The third kappa shape index (κ3) is 7.44. The first kappa shape index (κ1) is 23.4. The normalized spacial score (nSPS) is 19.8. The van der Waals surface area contributed by atoms with E-state index in [1.165, 1.54) is 37.7 Å². The van der Waals surface area contributed by atoms with Crippen molar-refractivity contribution in [2.75, 3.05) is 53.0 Å². The van der Waals surface area contributed by atoms with E-state index in [1.807, 2.05) is 12.1 Å². The summed E-state index contributed by atoms with van der Waals surface area (Å²) in [5.41, 5.74) is 1.23. The molecule has 168 valence electrons. The van der Waals surface area contributed by atoms with Gasteiger partial charge in [-0.1, -0.05) is 29.8 Å². The van der Waals surface area contributed by atoms with Gasteiger partial charge in [-0.25, -0.2) is 0 Å².